The van der Waals surface area contributed by atoms with Gasteiger partial charge in [-0.05, 0) is 30.2 Å². The van der Waals surface area contributed by atoms with Crippen LogP contribution in [0.5, 0.6) is 11.5 Å². The van der Waals surface area contributed by atoms with Crippen molar-refractivity contribution in [2.75, 3.05) is 0 Å². The summed E-state index contributed by atoms with van der Waals surface area (Å²) >= 11 is 0. The number of pyridine rings is 1. The number of hydrogen-bond donors (Lipinski definition) is 0. The average molecular weight is 401 g/mol. The van der Waals surface area contributed by atoms with E-state index in [1.165, 1.54) is 23.4 Å². The van der Waals surface area contributed by atoms with Gasteiger partial charge in [0.25, 0.3) is 0 Å². The molecule has 0 aliphatic carbocycles. The van der Waals surface area contributed by atoms with Crippen molar-refractivity contribution in [2.24, 2.45) is 7.05 Å². The molecule has 0 N–H and O–H groups in total. The van der Waals surface area contributed by atoms with Crippen LogP contribution in [0, 0.1) is 12.7 Å². The van der Waals surface area contributed by atoms with Crippen LogP contribution in [0.25, 0.3) is 11.3 Å². The minimum atomic E-state index is -0.465. The van der Waals surface area contributed by atoms with Crippen LogP contribution in [0.1, 0.15) is 30.5 Å². The molecule has 4 rings (SSSR count). The fourth-order valence-electron chi connectivity index (χ4n) is 3.41. The topological polar surface area (TPSA) is 39.9 Å². The molecule has 4 aromatic rings. The van der Waals surface area contributed by atoms with E-state index in [9.17, 15) is 4.39 Å². The summed E-state index contributed by atoms with van der Waals surface area (Å²) in [5.74, 6) is 0.189. The second kappa shape index (κ2) is 7.75. The zero-order valence-corrected chi connectivity index (χ0v) is 17.6. The molecule has 0 amide bonds. The van der Waals surface area contributed by atoms with Gasteiger partial charge in [-0.25, -0.2) is 4.39 Å². The molecule has 152 valence electrons. The van der Waals surface area contributed by atoms with Gasteiger partial charge in [-0.2, -0.15) is 5.10 Å². The number of nitrogens with zero attached hydrogens (tertiary/aromatic N) is 3. The molecule has 0 bridgehead atoms. The van der Waals surface area contributed by atoms with E-state index in [1.54, 1.807) is 24.1 Å². The zero-order valence-electron chi connectivity index (χ0n) is 17.6. The highest BCUT2D eigenvalue weighted by Gasteiger charge is 2.23. The van der Waals surface area contributed by atoms with E-state index < -0.39 is 5.82 Å². The molecule has 0 aliphatic heterocycles. The van der Waals surface area contributed by atoms with Crippen molar-refractivity contribution in [2.45, 2.75) is 26.2 Å². The van der Waals surface area contributed by atoms with Crippen LogP contribution in [0.4, 0.5) is 4.39 Å². The molecule has 0 unspecified atom stereocenters. The number of halogens is 1. The van der Waals surface area contributed by atoms with Gasteiger partial charge in [0.2, 0.25) is 0 Å². The molecule has 0 saturated heterocycles. The third kappa shape index (κ3) is 3.96. The molecule has 0 radical (unpaired) electrons. The Morgan fingerprint density at radius 3 is 2.13 bits per heavy atom. The van der Waals surface area contributed by atoms with Gasteiger partial charge in [0.1, 0.15) is 5.75 Å². The highest BCUT2D eigenvalue weighted by Crippen LogP contribution is 2.34. The van der Waals surface area contributed by atoms with Gasteiger partial charge >= 0.3 is 0 Å². The molecule has 2 aromatic heterocycles. The summed E-state index contributed by atoms with van der Waals surface area (Å²) in [6.07, 6.45) is 4.84. The molecule has 2 aromatic carbocycles. The van der Waals surface area contributed by atoms with Gasteiger partial charge < -0.3 is 4.74 Å². The molecule has 0 atom stereocenters. The summed E-state index contributed by atoms with van der Waals surface area (Å²) in [5, 5.41) is 4.09. The Morgan fingerprint density at radius 2 is 1.57 bits per heavy atom. The number of rotatable bonds is 5. The first-order valence-electron chi connectivity index (χ1n) is 9.83. The highest BCUT2D eigenvalue weighted by molar-refractivity contribution is 5.57. The number of aryl methyl sites for hydroxylation is 2. The Balaban J connectivity index is 1.53. The fourth-order valence-corrected chi connectivity index (χ4v) is 3.41. The van der Waals surface area contributed by atoms with Crippen LogP contribution in [-0.2, 0) is 12.5 Å². The quantitative estimate of drug-likeness (QED) is 0.409. The van der Waals surface area contributed by atoms with Gasteiger partial charge in [-0.15, -0.1) is 0 Å². The van der Waals surface area contributed by atoms with Crippen LogP contribution in [0.2, 0.25) is 0 Å². The lowest BCUT2D eigenvalue weighted by atomic mass is 9.78. The highest BCUT2D eigenvalue weighted by atomic mass is 19.1. The van der Waals surface area contributed by atoms with Crippen LogP contribution in [0.3, 0.4) is 0 Å². The van der Waals surface area contributed by atoms with E-state index in [0.29, 0.717) is 11.4 Å². The summed E-state index contributed by atoms with van der Waals surface area (Å²) in [6.45, 7) is 6.46. The van der Waals surface area contributed by atoms with E-state index in [4.69, 9.17) is 4.74 Å². The first-order valence-corrected chi connectivity index (χ1v) is 9.83. The molecular weight excluding hydrogens is 377 g/mol. The third-order valence-electron chi connectivity index (χ3n) is 5.40. The maximum absolute atomic E-state index is 14.6. The molecule has 4 nitrogen and oxygen atoms in total. The van der Waals surface area contributed by atoms with Crippen molar-refractivity contribution in [3.05, 3.63) is 95.7 Å². The second-order valence-corrected chi connectivity index (χ2v) is 8.02. The summed E-state index contributed by atoms with van der Waals surface area (Å²) < 4.78 is 21.9. The lowest BCUT2D eigenvalue weighted by Gasteiger charge is -2.26. The first-order chi connectivity index (χ1) is 14.3. The largest absolute Gasteiger partial charge is 0.453 e. The molecule has 2 heterocycles. The summed E-state index contributed by atoms with van der Waals surface area (Å²) in [5.41, 5.74) is 4.76. The van der Waals surface area contributed by atoms with Crippen molar-refractivity contribution in [3.8, 4) is 22.8 Å². The van der Waals surface area contributed by atoms with E-state index in [2.05, 4.69) is 55.1 Å². The van der Waals surface area contributed by atoms with Crippen LogP contribution in [0.15, 0.2) is 73.2 Å². The first kappa shape index (κ1) is 19.8. The Hall–Kier alpha value is -3.47. The van der Waals surface area contributed by atoms with Gasteiger partial charge in [0.05, 0.1) is 18.1 Å². The fraction of sp³-hybridized carbons (Fsp3) is 0.200. The van der Waals surface area contributed by atoms with E-state index in [-0.39, 0.29) is 11.2 Å². The number of benzene rings is 2. The third-order valence-corrected chi connectivity index (χ3v) is 5.40. The van der Waals surface area contributed by atoms with Gasteiger partial charge in [-0.3, -0.25) is 9.67 Å². The molecule has 0 spiro atoms. The number of ether oxygens (including phenoxy) is 1. The molecule has 0 aliphatic rings. The van der Waals surface area contributed by atoms with E-state index >= 15 is 0 Å². The smallest absolute Gasteiger partial charge is 0.181 e. The van der Waals surface area contributed by atoms with Crippen molar-refractivity contribution in [1.82, 2.24) is 14.8 Å². The Kier molecular flexibility index (Phi) is 5.12. The standard InChI is InChI=1S/C25H24FN3O/c1-17-5-7-19(8-6-17)25(2,3)20-9-11-21(12-10-20)30-24-15-27-23(13-22(24)26)18-14-28-29(4)16-18/h5-16H,1-4H3. The summed E-state index contributed by atoms with van der Waals surface area (Å²) in [4.78, 5) is 4.30. The molecule has 0 fully saturated rings. The predicted molar refractivity (Wildman–Crippen MR) is 116 cm³/mol. The van der Waals surface area contributed by atoms with Crippen LogP contribution < -0.4 is 4.74 Å². The minimum absolute atomic E-state index is 0.0909. The Labute approximate surface area is 176 Å². The normalized spacial score (nSPS) is 11.5. The van der Waals surface area contributed by atoms with Crippen LogP contribution in [-0.4, -0.2) is 14.8 Å². The van der Waals surface area contributed by atoms with Crippen molar-refractivity contribution in [1.29, 1.82) is 0 Å². The zero-order chi connectivity index (χ0) is 21.3. The van der Waals surface area contributed by atoms with Crippen molar-refractivity contribution >= 4 is 0 Å². The van der Waals surface area contributed by atoms with Gasteiger partial charge in [0.15, 0.2) is 11.6 Å². The van der Waals surface area contributed by atoms with Gasteiger partial charge in [0, 0.05) is 30.3 Å². The molecular formula is C25H24FN3O. The maximum Gasteiger partial charge on any atom is 0.181 e. The molecule has 30 heavy (non-hydrogen) atoms. The SMILES string of the molecule is Cc1ccc(C(C)(C)c2ccc(Oc3cnc(-c4cnn(C)c4)cc3F)cc2)cc1. The molecule has 0 saturated carbocycles. The van der Waals surface area contributed by atoms with Crippen molar-refractivity contribution in [3.63, 3.8) is 0 Å². The number of hydrogen-bond acceptors (Lipinski definition) is 3. The Bertz CT molecular complexity index is 1160. The lowest BCUT2D eigenvalue weighted by Crippen LogP contribution is -2.18. The second-order valence-electron chi connectivity index (χ2n) is 8.02. The van der Waals surface area contributed by atoms with E-state index in [1.807, 2.05) is 24.3 Å². The van der Waals surface area contributed by atoms with Crippen LogP contribution >= 0.6 is 0 Å². The monoisotopic (exact) mass is 401 g/mol. The van der Waals surface area contributed by atoms with E-state index in [0.717, 1.165) is 11.1 Å². The summed E-state index contributed by atoms with van der Waals surface area (Å²) in [6, 6.07) is 17.7. The maximum atomic E-state index is 14.6. The minimum Gasteiger partial charge on any atom is -0.453 e. The van der Waals surface area contributed by atoms with Gasteiger partial charge in [-0.1, -0.05) is 55.8 Å². The molecule has 5 heteroatoms. The van der Waals surface area contributed by atoms with Crippen molar-refractivity contribution < 1.29 is 9.13 Å². The Morgan fingerprint density at radius 1 is 0.933 bits per heavy atom. The summed E-state index contributed by atoms with van der Waals surface area (Å²) in [7, 11) is 1.81. The predicted octanol–water partition coefficient (Wildman–Crippen LogP) is 6.05. The number of aromatic nitrogens is 3. The lowest BCUT2D eigenvalue weighted by molar-refractivity contribution is 0.439. The average Bonchev–Trinajstić information content (AvgIpc) is 3.16.